The lowest BCUT2D eigenvalue weighted by Gasteiger charge is -2.30. The predicted octanol–water partition coefficient (Wildman–Crippen LogP) is 5.67. The number of nitrogens with one attached hydrogen (secondary N) is 1. The zero-order chi connectivity index (χ0) is 23.1. The van der Waals surface area contributed by atoms with Crippen molar-refractivity contribution < 1.29 is 14.3 Å². The van der Waals surface area contributed by atoms with E-state index < -0.39 is 6.04 Å². The molecule has 0 aliphatic carbocycles. The highest BCUT2D eigenvalue weighted by Gasteiger charge is 2.27. The number of nitrogens with zero attached hydrogens (tertiary/aromatic N) is 1. The molecule has 0 unspecified atom stereocenters. The van der Waals surface area contributed by atoms with Crippen molar-refractivity contribution >= 4 is 46.6 Å². The summed E-state index contributed by atoms with van der Waals surface area (Å²) in [5.74, 6) is -0.0584. The predicted molar refractivity (Wildman–Crippen MR) is 126 cm³/mol. The van der Waals surface area contributed by atoms with Crippen molar-refractivity contribution in [3.05, 3.63) is 62.6 Å². The molecule has 0 fully saturated rings. The van der Waals surface area contributed by atoms with Crippen LogP contribution in [0.4, 0.5) is 0 Å². The van der Waals surface area contributed by atoms with Gasteiger partial charge in [-0.2, -0.15) is 0 Å². The van der Waals surface area contributed by atoms with Gasteiger partial charge < -0.3 is 15.0 Å². The highest BCUT2D eigenvalue weighted by atomic mass is 35.5. The lowest BCUT2D eigenvalue weighted by atomic mass is 10.1. The van der Waals surface area contributed by atoms with Gasteiger partial charge in [-0.1, -0.05) is 47.8 Å². The van der Waals surface area contributed by atoms with Crippen LogP contribution in [0.2, 0.25) is 15.1 Å². The van der Waals surface area contributed by atoms with Gasteiger partial charge in [-0.15, -0.1) is 0 Å². The fourth-order valence-electron chi connectivity index (χ4n) is 2.82. The van der Waals surface area contributed by atoms with Crippen LogP contribution in [0.25, 0.3) is 0 Å². The molecule has 0 aliphatic heterocycles. The quantitative estimate of drug-likeness (QED) is 0.498. The number of amides is 2. The van der Waals surface area contributed by atoms with Crippen LogP contribution in [-0.4, -0.2) is 35.4 Å². The van der Waals surface area contributed by atoms with E-state index in [1.165, 1.54) is 4.90 Å². The summed E-state index contributed by atoms with van der Waals surface area (Å²) >= 11 is 18.3. The lowest BCUT2D eigenvalue weighted by Crippen LogP contribution is -2.50. The summed E-state index contributed by atoms with van der Waals surface area (Å²) in [5.41, 5.74) is 1.53. The number of aryl methyl sites for hydroxylation is 1. The Morgan fingerprint density at radius 3 is 2.39 bits per heavy atom. The third kappa shape index (κ3) is 7.30. The van der Waals surface area contributed by atoms with E-state index in [0.29, 0.717) is 26.4 Å². The number of hydrogen-bond acceptors (Lipinski definition) is 3. The van der Waals surface area contributed by atoms with Crippen LogP contribution in [0, 0.1) is 6.92 Å². The van der Waals surface area contributed by atoms with Crippen LogP contribution in [0.5, 0.6) is 5.75 Å². The minimum absolute atomic E-state index is 0.000635. The number of hydrogen-bond donors (Lipinski definition) is 1. The fourth-order valence-corrected chi connectivity index (χ4v) is 3.40. The molecule has 2 aromatic rings. The number of carbonyl (C=O) groups is 2. The summed E-state index contributed by atoms with van der Waals surface area (Å²) in [7, 11) is 0. The minimum Gasteiger partial charge on any atom is -0.484 e. The smallest absolute Gasteiger partial charge is 0.261 e. The van der Waals surface area contributed by atoms with Gasteiger partial charge in [-0.25, -0.2) is 0 Å². The molecule has 5 nitrogen and oxygen atoms in total. The third-order valence-corrected chi connectivity index (χ3v) is 6.03. The molecule has 2 aromatic carbocycles. The summed E-state index contributed by atoms with van der Waals surface area (Å²) in [6.07, 6.45) is 0.786. The van der Waals surface area contributed by atoms with E-state index in [-0.39, 0.29) is 31.0 Å². The zero-order valence-electron chi connectivity index (χ0n) is 18.0. The van der Waals surface area contributed by atoms with Gasteiger partial charge in [0.15, 0.2) is 6.61 Å². The Balaban J connectivity index is 2.21. The summed E-state index contributed by atoms with van der Waals surface area (Å²) in [6, 6.07) is 9.50. The molecule has 0 spiro atoms. The third-order valence-electron chi connectivity index (χ3n) is 5.02. The lowest BCUT2D eigenvalue weighted by molar-refractivity contribution is -0.142. The molecule has 8 heteroatoms. The van der Waals surface area contributed by atoms with E-state index in [1.54, 1.807) is 43.3 Å². The maximum absolute atomic E-state index is 13.1. The van der Waals surface area contributed by atoms with Crippen LogP contribution in [0.15, 0.2) is 36.4 Å². The number of rotatable bonds is 9. The van der Waals surface area contributed by atoms with E-state index in [4.69, 9.17) is 39.5 Å². The molecule has 0 radical (unpaired) electrons. The molecule has 0 saturated carbocycles. The summed E-state index contributed by atoms with van der Waals surface area (Å²) in [6.45, 7) is 7.35. The Hall–Kier alpha value is -1.95. The van der Waals surface area contributed by atoms with Gasteiger partial charge in [0.05, 0.1) is 0 Å². The van der Waals surface area contributed by atoms with Crippen molar-refractivity contribution in [2.75, 3.05) is 6.61 Å². The first-order chi connectivity index (χ1) is 14.6. The molecular formula is C23H27Cl3N2O3. The van der Waals surface area contributed by atoms with Crippen molar-refractivity contribution in [1.82, 2.24) is 10.2 Å². The maximum Gasteiger partial charge on any atom is 0.261 e. The second-order valence-electron chi connectivity index (χ2n) is 7.45. The first-order valence-corrected chi connectivity index (χ1v) is 11.2. The maximum atomic E-state index is 13.1. The largest absolute Gasteiger partial charge is 0.484 e. The van der Waals surface area contributed by atoms with Crippen molar-refractivity contribution in [3.8, 4) is 5.75 Å². The van der Waals surface area contributed by atoms with Crippen molar-refractivity contribution in [3.63, 3.8) is 0 Å². The zero-order valence-corrected chi connectivity index (χ0v) is 20.3. The van der Waals surface area contributed by atoms with Gasteiger partial charge in [0.1, 0.15) is 11.8 Å². The van der Waals surface area contributed by atoms with Crippen molar-refractivity contribution in [2.45, 2.75) is 52.7 Å². The highest BCUT2D eigenvalue weighted by molar-refractivity contribution is 6.35. The number of ether oxygens (including phenoxy) is 1. The van der Waals surface area contributed by atoms with E-state index in [2.05, 4.69) is 5.32 Å². The molecule has 2 rings (SSSR count). The molecule has 0 saturated heterocycles. The second-order valence-corrected chi connectivity index (χ2v) is 8.70. The molecule has 2 atom stereocenters. The van der Waals surface area contributed by atoms with E-state index in [0.717, 1.165) is 12.0 Å². The molecule has 0 bridgehead atoms. The van der Waals surface area contributed by atoms with Crippen molar-refractivity contribution in [1.29, 1.82) is 0 Å². The Kier molecular flexibility index (Phi) is 9.48. The molecule has 0 aliphatic rings. The average Bonchev–Trinajstić information content (AvgIpc) is 2.73. The standard InChI is InChI=1S/C23H27Cl3N2O3/c1-5-15(3)27-23(30)16(4)28(12-17-6-7-18(24)11-21(17)26)22(29)13-31-19-8-9-20(25)14(2)10-19/h6-11,15-16H,5,12-13H2,1-4H3,(H,27,30)/t15-,16+/m1/s1. The Labute approximate surface area is 198 Å². The van der Waals surface area contributed by atoms with E-state index >= 15 is 0 Å². The van der Waals surface area contributed by atoms with Crippen LogP contribution < -0.4 is 10.1 Å². The van der Waals surface area contributed by atoms with Crippen molar-refractivity contribution in [2.24, 2.45) is 0 Å². The monoisotopic (exact) mass is 484 g/mol. The minimum atomic E-state index is -0.719. The Morgan fingerprint density at radius 1 is 1.06 bits per heavy atom. The summed E-state index contributed by atoms with van der Waals surface area (Å²) < 4.78 is 5.67. The molecule has 31 heavy (non-hydrogen) atoms. The summed E-state index contributed by atoms with van der Waals surface area (Å²) in [5, 5.41) is 4.46. The van der Waals surface area contributed by atoms with Crippen LogP contribution in [0.1, 0.15) is 38.3 Å². The van der Waals surface area contributed by atoms with Gasteiger partial charge in [0.25, 0.3) is 5.91 Å². The average molecular weight is 486 g/mol. The SMILES string of the molecule is CC[C@@H](C)NC(=O)[C@H](C)N(Cc1ccc(Cl)cc1Cl)C(=O)COc1ccc(Cl)c(C)c1. The van der Waals surface area contributed by atoms with Crippen LogP contribution in [-0.2, 0) is 16.1 Å². The molecule has 1 N–H and O–H groups in total. The molecule has 0 heterocycles. The van der Waals surface area contributed by atoms with E-state index in [1.807, 2.05) is 20.8 Å². The number of halogens is 3. The van der Waals surface area contributed by atoms with Crippen LogP contribution in [0.3, 0.4) is 0 Å². The Morgan fingerprint density at radius 2 is 1.77 bits per heavy atom. The molecule has 168 valence electrons. The van der Waals surface area contributed by atoms with Gasteiger partial charge in [-0.05, 0) is 68.7 Å². The first kappa shape index (κ1) is 25.3. The topological polar surface area (TPSA) is 58.6 Å². The second kappa shape index (κ2) is 11.6. The van der Waals surface area contributed by atoms with Gasteiger partial charge in [0, 0.05) is 27.7 Å². The summed E-state index contributed by atoms with van der Waals surface area (Å²) in [4.78, 5) is 27.3. The van der Waals surface area contributed by atoms with Gasteiger partial charge in [0.2, 0.25) is 5.91 Å². The Bertz CT molecular complexity index is 936. The normalized spacial score (nSPS) is 12.7. The van der Waals surface area contributed by atoms with Gasteiger partial charge in [-0.3, -0.25) is 9.59 Å². The fraction of sp³-hybridized carbons (Fsp3) is 0.391. The first-order valence-electron chi connectivity index (χ1n) is 10.0. The van der Waals surface area contributed by atoms with Crippen LogP contribution >= 0.6 is 34.8 Å². The molecule has 0 aromatic heterocycles. The van der Waals surface area contributed by atoms with E-state index in [9.17, 15) is 9.59 Å². The highest BCUT2D eigenvalue weighted by Crippen LogP contribution is 2.24. The number of carbonyl (C=O) groups excluding carboxylic acids is 2. The van der Waals surface area contributed by atoms with Gasteiger partial charge >= 0.3 is 0 Å². The molecule has 2 amide bonds. The number of benzene rings is 2. The molecular weight excluding hydrogens is 459 g/mol.